The molecule has 2 aromatic carbocycles. The summed E-state index contributed by atoms with van der Waals surface area (Å²) in [6.45, 7) is 0. The lowest BCUT2D eigenvalue weighted by atomic mass is 10.2. The number of hydrogen-bond acceptors (Lipinski definition) is 2. The largest absolute Gasteiger partial charge is 0.397 e. The number of nitrogens with two attached hydrogens (primary N) is 1. The lowest BCUT2D eigenvalue weighted by Gasteiger charge is -2.10. The maximum absolute atomic E-state index is 13.1. The van der Waals surface area contributed by atoms with Crippen molar-refractivity contribution >= 4 is 39.7 Å². The van der Waals surface area contributed by atoms with E-state index >= 15 is 0 Å². The van der Waals surface area contributed by atoms with Crippen molar-refractivity contribution in [2.24, 2.45) is 0 Å². The Kier molecular flexibility index (Phi) is 3.28. The molecule has 0 atom stereocenters. The standard InChI is InChI=1S/C12H10FIN2/c13-8-5-6-10(15)12(7-8)16-11-4-2-1-3-9(11)14/h1-7,16H,15H2. The van der Waals surface area contributed by atoms with E-state index in [1.807, 2.05) is 24.3 Å². The number of nitrogens with one attached hydrogen (secondary N) is 1. The number of halogens is 2. The van der Waals surface area contributed by atoms with Gasteiger partial charge in [-0.2, -0.15) is 0 Å². The first-order valence-corrected chi connectivity index (χ1v) is 5.81. The minimum absolute atomic E-state index is 0.303. The van der Waals surface area contributed by atoms with Crippen LogP contribution in [0.3, 0.4) is 0 Å². The molecule has 0 aliphatic heterocycles. The molecule has 0 fully saturated rings. The summed E-state index contributed by atoms with van der Waals surface area (Å²) in [6, 6.07) is 12.0. The molecule has 0 unspecified atom stereocenters. The minimum Gasteiger partial charge on any atom is -0.397 e. The van der Waals surface area contributed by atoms with Gasteiger partial charge < -0.3 is 11.1 Å². The number of benzene rings is 2. The molecule has 0 saturated carbocycles. The van der Waals surface area contributed by atoms with Crippen molar-refractivity contribution in [1.29, 1.82) is 0 Å². The van der Waals surface area contributed by atoms with E-state index in [1.165, 1.54) is 12.1 Å². The Labute approximate surface area is 107 Å². The zero-order valence-electron chi connectivity index (χ0n) is 8.37. The van der Waals surface area contributed by atoms with Gasteiger partial charge in [0.2, 0.25) is 0 Å². The van der Waals surface area contributed by atoms with Gasteiger partial charge in [0, 0.05) is 3.57 Å². The smallest absolute Gasteiger partial charge is 0.125 e. The Bertz CT molecular complexity index is 514. The second kappa shape index (κ2) is 4.69. The van der Waals surface area contributed by atoms with Crippen LogP contribution < -0.4 is 11.1 Å². The Hall–Kier alpha value is -1.30. The van der Waals surface area contributed by atoms with Crippen LogP contribution in [0.15, 0.2) is 42.5 Å². The zero-order chi connectivity index (χ0) is 11.5. The van der Waals surface area contributed by atoms with Crippen LogP contribution in [0.4, 0.5) is 21.5 Å². The van der Waals surface area contributed by atoms with Crippen molar-refractivity contribution in [1.82, 2.24) is 0 Å². The highest BCUT2D eigenvalue weighted by Crippen LogP contribution is 2.26. The van der Waals surface area contributed by atoms with E-state index in [4.69, 9.17) is 5.73 Å². The predicted molar refractivity (Wildman–Crippen MR) is 73.3 cm³/mol. The normalized spacial score (nSPS) is 10.1. The van der Waals surface area contributed by atoms with Gasteiger partial charge in [0.15, 0.2) is 0 Å². The summed E-state index contributed by atoms with van der Waals surface area (Å²) in [5.74, 6) is -0.303. The van der Waals surface area contributed by atoms with Gasteiger partial charge in [-0.15, -0.1) is 0 Å². The molecule has 0 aliphatic rings. The number of anilines is 3. The summed E-state index contributed by atoms with van der Waals surface area (Å²) in [6.07, 6.45) is 0. The molecule has 3 N–H and O–H groups in total. The average Bonchev–Trinajstić information content (AvgIpc) is 2.27. The molecule has 0 spiro atoms. The van der Waals surface area contributed by atoms with Crippen LogP contribution in [0.2, 0.25) is 0 Å². The SMILES string of the molecule is Nc1ccc(F)cc1Nc1ccccc1I. The maximum atomic E-state index is 13.1. The van der Waals surface area contributed by atoms with Crippen LogP contribution >= 0.6 is 22.6 Å². The first-order chi connectivity index (χ1) is 7.66. The van der Waals surface area contributed by atoms with Gasteiger partial charge >= 0.3 is 0 Å². The minimum atomic E-state index is -0.303. The van der Waals surface area contributed by atoms with E-state index in [2.05, 4.69) is 27.9 Å². The van der Waals surface area contributed by atoms with Crippen LogP contribution in [0, 0.1) is 9.39 Å². The molecule has 2 rings (SSSR count). The second-order valence-corrected chi connectivity index (χ2v) is 4.50. The van der Waals surface area contributed by atoms with E-state index in [0.717, 1.165) is 9.26 Å². The van der Waals surface area contributed by atoms with E-state index in [9.17, 15) is 4.39 Å². The molecule has 0 bridgehead atoms. The maximum Gasteiger partial charge on any atom is 0.125 e. The summed E-state index contributed by atoms with van der Waals surface area (Å²) in [7, 11) is 0. The fourth-order valence-corrected chi connectivity index (χ4v) is 1.87. The zero-order valence-corrected chi connectivity index (χ0v) is 10.5. The Morgan fingerprint density at radius 3 is 2.56 bits per heavy atom. The third-order valence-electron chi connectivity index (χ3n) is 2.16. The average molecular weight is 328 g/mol. The molecule has 0 aromatic heterocycles. The number of rotatable bonds is 2. The number of nitrogen functional groups attached to an aromatic ring is 1. The summed E-state index contributed by atoms with van der Waals surface area (Å²) in [5.41, 5.74) is 7.79. The van der Waals surface area contributed by atoms with Gasteiger partial charge in [-0.05, 0) is 52.9 Å². The topological polar surface area (TPSA) is 38.0 Å². The first-order valence-electron chi connectivity index (χ1n) is 4.73. The predicted octanol–water partition coefficient (Wildman–Crippen LogP) is 3.76. The summed E-state index contributed by atoms with van der Waals surface area (Å²) in [5, 5.41) is 3.11. The highest BCUT2D eigenvalue weighted by molar-refractivity contribution is 14.1. The van der Waals surface area contributed by atoms with Gasteiger partial charge in [0.25, 0.3) is 0 Å². The van der Waals surface area contributed by atoms with Crippen LogP contribution in [0.1, 0.15) is 0 Å². The molecular weight excluding hydrogens is 318 g/mol. The molecular formula is C12H10FIN2. The van der Waals surface area contributed by atoms with Gasteiger partial charge in [-0.3, -0.25) is 0 Å². The number of para-hydroxylation sites is 1. The van der Waals surface area contributed by atoms with Crippen molar-refractivity contribution in [3.05, 3.63) is 51.9 Å². The molecule has 82 valence electrons. The molecule has 0 aliphatic carbocycles. The van der Waals surface area contributed by atoms with E-state index in [-0.39, 0.29) is 5.82 Å². The summed E-state index contributed by atoms with van der Waals surface area (Å²) < 4.78 is 14.1. The second-order valence-electron chi connectivity index (χ2n) is 3.34. The highest BCUT2D eigenvalue weighted by atomic mass is 127. The van der Waals surface area contributed by atoms with Crippen molar-refractivity contribution in [2.75, 3.05) is 11.1 Å². The molecule has 0 amide bonds. The summed E-state index contributed by atoms with van der Waals surface area (Å²) >= 11 is 2.21. The van der Waals surface area contributed by atoms with Crippen molar-refractivity contribution in [3.63, 3.8) is 0 Å². The molecule has 2 aromatic rings. The Morgan fingerprint density at radius 1 is 1.06 bits per heavy atom. The van der Waals surface area contributed by atoms with Gasteiger partial charge in [-0.25, -0.2) is 4.39 Å². The van der Waals surface area contributed by atoms with Crippen molar-refractivity contribution < 1.29 is 4.39 Å². The van der Waals surface area contributed by atoms with Gasteiger partial charge in [-0.1, -0.05) is 12.1 Å². The lowest BCUT2D eigenvalue weighted by Crippen LogP contribution is -1.98. The molecule has 0 saturated heterocycles. The van der Waals surface area contributed by atoms with Crippen LogP contribution in [-0.4, -0.2) is 0 Å². The van der Waals surface area contributed by atoms with Crippen molar-refractivity contribution in [2.45, 2.75) is 0 Å². The quantitative estimate of drug-likeness (QED) is 0.651. The Balaban J connectivity index is 2.34. The summed E-state index contributed by atoms with van der Waals surface area (Å²) in [4.78, 5) is 0. The fourth-order valence-electron chi connectivity index (χ4n) is 1.34. The first kappa shape index (κ1) is 11.2. The molecule has 2 nitrogen and oxygen atoms in total. The van der Waals surface area contributed by atoms with Gasteiger partial charge in [0.1, 0.15) is 5.82 Å². The molecule has 4 heteroatoms. The monoisotopic (exact) mass is 328 g/mol. The third kappa shape index (κ3) is 2.44. The van der Waals surface area contributed by atoms with Crippen LogP contribution in [0.25, 0.3) is 0 Å². The molecule has 16 heavy (non-hydrogen) atoms. The van der Waals surface area contributed by atoms with E-state index in [1.54, 1.807) is 6.07 Å². The fraction of sp³-hybridized carbons (Fsp3) is 0. The lowest BCUT2D eigenvalue weighted by molar-refractivity contribution is 0.628. The van der Waals surface area contributed by atoms with E-state index < -0.39 is 0 Å². The molecule has 0 radical (unpaired) electrons. The molecule has 0 heterocycles. The third-order valence-corrected chi connectivity index (χ3v) is 3.10. The highest BCUT2D eigenvalue weighted by Gasteiger charge is 2.03. The van der Waals surface area contributed by atoms with E-state index in [0.29, 0.717) is 11.4 Å². The Morgan fingerprint density at radius 2 is 1.81 bits per heavy atom. The van der Waals surface area contributed by atoms with Crippen molar-refractivity contribution in [3.8, 4) is 0 Å². The number of hydrogen-bond donors (Lipinski definition) is 2. The van der Waals surface area contributed by atoms with Gasteiger partial charge in [0.05, 0.1) is 17.1 Å². The van der Waals surface area contributed by atoms with Crippen LogP contribution in [-0.2, 0) is 0 Å². The van der Waals surface area contributed by atoms with Crippen LogP contribution in [0.5, 0.6) is 0 Å².